The second kappa shape index (κ2) is 4.83. The highest BCUT2D eigenvalue weighted by Crippen LogP contribution is 2.25. The Labute approximate surface area is 99.3 Å². The number of carbonyl (C=O) groups is 1. The number of aromatic nitrogens is 1. The van der Waals surface area contributed by atoms with Gasteiger partial charge in [0.2, 0.25) is 0 Å². The summed E-state index contributed by atoms with van der Waals surface area (Å²) >= 11 is 0. The summed E-state index contributed by atoms with van der Waals surface area (Å²) in [5, 5.41) is 17.4. The van der Waals surface area contributed by atoms with Crippen LogP contribution in [0.2, 0.25) is 0 Å². The molecule has 2 heterocycles. The molecule has 1 atom stereocenters. The highest BCUT2D eigenvalue weighted by Gasteiger charge is 2.24. The second-order valence-corrected chi connectivity index (χ2v) is 4.21. The van der Waals surface area contributed by atoms with E-state index < -0.39 is 5.97 Å². The fourth-order valence-corrected chi connectivity index (χ4v) is 2.12. The second-order valence-electron chi connectivity index (χ2n) is 4.21. The van der Waals surface area contributed by atoms with E-state index >= 15 is 0 Å². The van der Waals surface area contributed by atoms with Gasteiger partial charge in [-0.3, -0.25) is 4.79 Å². The largest absolute Gasteiger partial charge is 0.481 e. The average molecular weight is 231 g/mol. The zero-order valence-corrected chi connectivity index (χ0v) is 9.33. The summed E-state index contributed by atoms with van der Waals surface area (Å²) < 4.78 is 0. The zero-order valence-electron chi connectivity index (χ0n) is 9.33. The van der Waals surface area contributed by atoms with Gasteiger partial charge in [0.1, 0.15) is 11.8 Å². The van der Waals surface area contributed by atoms with Crippen LogP contribution in [-0.4, -0.2) is 29.1 Å². The lowest BCUT2D eigenvalue weighted by Gasteiger charge is -2.17. The molecule has 0 saturated carbocycles. The van der Waals surface area contributed by atoms with Gasteiger partial charge in [-0.2, -0.15) is 5.26 Å². The highest BCUT2D eigenvalue weighted by atomic mass is 16.4. The van der Waals surface area contributed by atoms with Gasteiger partial charge in [-0.05, 0) is 24.5 Å². The topological polar surface area (TPSA) is 77.2 Å². The van der Waals surface area contributed by atoms with Gasteiger partial charge in [0, 0.05) is 19.5 Å². The standard InChI is InChI=1S/C12H13N3O2/c13-6-10-1-2-11(7-14-10)15-4-3-9(8-15)5-12(16)17/h1-2,7,9H,3-5,8H2,(H,16,17). The van der Waals surface area contributed by atoms with Gasteiger partial charge in [0.05, 0.1) is 11.9 Å². The summed E-state index contributed by atoms with van der Waals surface area (Å²) in [4.78, 5) is 16.7. The molecule has 1 aliphatic heterocycles. The Morgan fingerprint density at radius 1 is 1.65 bits per heavy atom. The van der Waals surface area contributed by atoms with Crippen molar-refractivity contribution < 1.29 is 9.90 Å². The molecule has 0 bridgehead atoms. The fourth-order valence-electron chi connectivity index (χ4n) is 2.12. The van der Waals surface area contributed by atoms with E-state index in [1.807, 2.05) is 12.1 Å². The van der Waals surface area contributed by atoms with Crippen LogP contribution in [0.5, 0.6) is 0 Å². The third-order valence-electron chi connectivity index (χ3n) is 2.98. The smallest absolute Gasteiger partial charge is 0.303 e. The van der Waals surface area contributed by atoms with Crippen LogP contribution in [0.15, 0.2) is 18.3 Å². The van der Waals surface area contributed by atoms with Crippen LogP contribution in [0.25, 0.3) is 0 Å². The maximum Gasteiger partial charge on any atom is 0.303 e. The highest BCUT2D eigenvalue weighted by molar-refractivity contribution is 5.67. The number of rotatable bonds is 3. The average Bonchev–Trinajstić information content (AvgIpc) is 2.77. The van der Waals surface area contributed by atoms with Crippen molar-refractivity contribution in [1.82, 2.24) is 4.98 Å². The van der Waals surface area contributed by atoms with Gasteiger partial charge >= 0.3 is 5.97 Å². The Balaban J connectivity index is 2.00. The number of hydrogen-bond acceptors (Lipinski definition) is 4. The third kappa shape index (κ3) is 2.72. The van der Waals surface area contributed by atoms with Crippen LogP contribution in [0, 0.1) is 17.2 Å². The normalized spacial score (nSPS) is 19.0. The maximum atomic E-state index is 10.6. The Morgan fingerprint density at radius 2 is 2.47 bits per heavy atom. The van der Waals surface area contributed by atoms with Gasteiger partial charge in [0.25, 0.3) is 0 Å². The summed E-state index contributed by atoms with van der Waals surface area (Å²) in [7, 11) is 0. The monoisotopic (exact) mass is 231 g/mol. The predicted octanol–water partition coefficient (Wildman–Crippen LogP) is 1.25. The van der Waals surface area contributed by atoms with E-state index in [9.17, 15) is 4.79 Å². The molecule has 1 unspecified atom stereocenters. The number of nitrogens with zero attached hydrogens (tertiary/aromatic N) is 3. The lowest BCUT2D eigenvalue weighted by molar-refractivity contribution is -0.137. The van der Waals surface area contributed by atoms with E-state index in [1.54, 1.807) is 12.3 Å². The number of carboxylic acid groups (broad SMARTS) is 1. The molecule has 0 radical (unpaired) electrons. The van der Waals surface area contributed by atoms with E-state index in [0.717, 1.165) is 25.2 Å². The molecule has 88 valence electrons. The molecule has 0 aliphatic carbocycles. The quantitative estimate of drug-likeness (QED) is 0.847. The summed E-state index contributed by atoms with van der Waals surface area (Å²) in [5.41, 5.74) is 1.35. The molecule has 0 spiro atoms. The molecule has 5 nitrogen and oxygen atoms in total. The first-order valence-corrected chi connectivity index (χ1v) is 5.52. The minimum Gasteiger partial charge on any atom is -0.481 e. The summed E-state index contributed by atoms with van der Waals surface area (Å²) in [6.07, 6.45) is 2.79. The van der Waals surface area contributed by atoms with Crippen molar-refractivity contribution in [2.45, 2.75) is 12.8 Å². The molecular weight excluding hydrogens is 218 g/mol. The van der Waals surface area contributed by atoms with Crippen LogP contribution in [-0.2, 0) is 4.79 Å². The molecule has 0 amide bonds. The molecule has 0 aromatic carbocycles. The van der Waals surface area contributed by atoms with Gasteiger partial charge in [-0.15, -0.1) is 0 Å². The number of hydrogen-bond donors (Lipinski definition) is 1. The molecule has 1 aromatic rings. The van der Waals surface area contributed by atoms with Gasteiger partial charge < -0.3 is 10.0 Å². The molecule has 1 fully saturated rings. The molecule has 5 heteroatoms. The Morgan fingerprint density at radius 3 is 3.06 bits per heavy atom. The number of nitriles is 1. The molecule has 1 aromatic heterocycles. The summed E-state index contributed by atoms with van der Waals surface area (Å²) in [6.45, 7) is 1.60. The number of anilines is 1. The van der Waals surface area contributed by atoms with Crippen molar-refractivity contribution in [3.8, 4) is 6.07 Å². The predicted molar refractivity (Wildman–Crippen MR) is 61.5 cm³/mol. The molecular formula is C12H13N3O2. The number of aliphatic carboxylic acids is 1. The molecule has 17 heavy (non-hydrogen) atoms. The minimum atomic E-state index is -0.741. The zero-order chi connectivity index (χ0) is 12.3. The van der Waals surface area contributed by atoms with Crippen molar-refractivity contribution >= 4 is 11.7 Å². The lowest BCUT2D eigenvalue weighted by Crippen LogP contribution is -2.20. The van der Waals surface area contributed by atoms with E-state index in [2.05, 4.69) is 9.88 Å². The number of carboxylic acids is 1. The SMILES string of the molecule is N#Cc1ccc(N2CCC(CC(=O)O)C2)cn1. The van der Waals surface area contributed by atoms with E-state index in [0.29, 0.717) is 5.69 Å². The van der Waals surface area contributed by atoms with Crippen molar-refractivity contribution in [3.63, 3.8) is 0 Å². The summed E-state index contributed by atoms with van der Waals surface area (Å²) in [5.74, 6) is -0.530. The van der Waals surface area contributed by atoms with E-state index in [1.165, 1.54) is 0 Å². The van der Waals surface area contributed by atoms with Crippen LogP contribution < -0.4 is 4.90 Å². The Hall–Kier alpha value is -2.09. The molecule has 1 N–H and O–H groups in total. The van der Waals surface area contributed by atoms with Gasteiger partial charge in [0.15, 0.2) is 0 Å². The van der Waals surface area contributed by atoms with Crippen LogP contribution in [0.4, 0.5) is 5.69 Å². The van der Waals surface area contributed by atoms with E-state index in [-0.39, 0.29) is 12.3 Å². The van der Waals surface area contributed by atoms with Crippen molar-refractivity contribution in [2.75, 3.05) is 18.0 Å². The Kier molecular flexibility index (Phi) is 3.24. The van der Waals surface area contributed by atoms with Crippen molar-refractivity contribution in [1.29, 1.82) is 5.26 Å². The maximum absolute atomic E-state index is 10.6. The van der Waals surface area contributed by atoms with Crippen molar-refractivity contribution in [2.24, 2.45) is 5.92 Å². The first kappa shape index (κ1) is 11.4. The van der Waals surface area contributed by atoms with E-state index in [4.69, 9.17) is 10.4 Å². The van der Waals surface area contributed by atoms with Crippen LogP contribution in [0.1, 0.15) is 18.5 Å². The minimum absolute atomic E-state index is 0.211. The molecule has 1 saturated heterocycles. The molecule has 1 aliphatic rings. The third-order valence-corrected chi connectivity index (χ3v) is 2.98. The Bertz CT molecular complexity index is 450. The first-order chi connectivity index (χ1) is 8.19. The van der Waals surface area contributed by atoms with Crippen LogP contribution >= 0.6 is 0 Å². The number of pyridine rings is 1. The fraction of sp³-hybridized carbons (Fsp3) is 0.417. The lowest BCUT2D eigenvalue weighted by atomic mass is 10.1. The summed E-state index contributed by atoms with van der Waals surface area (Å²) in [6, 6.07) is 5.51. The van der Waals surface area contributed by atoms with Crippen molar-refractivity contribution in [3.05, 3.63) is 24.0 Å². The van der Waals surface area contributed by atoms with Crippen LogP contribution in [0.3, 0.4) is 0 Å². The molecule has 2 rings (SSSR count). The first-order valence-electron chi connectivity index (χ1n) is 5.52. The van der Waals surface area contributed by atoms with Gasteiger partial charge in [-0.1, -0.05) is 0 Å². The van der Waals surface area contributed by atoms with Gasteiger partial charge in [-0.25, -0.2) is 4.98 Å².